The first-order chi connectivity index (χ1) is 9.24. The number of hydrogen-bond donors (Lipinski definition) is 0. The van der Waals surface area contributed by atoms with Crippen LogP contribution in [0.2, 0.25) is 5.15 Å². The molecule has 1 aromatic carbocycles. The molecular formula is C15H13ClN2O. The minimum absolute atomic E-state index is 0.139. The van der Waals surface area contributed by atoms with E-state index in [4.69, 9.17) is 11.6 Å². The Morgan fingerprint density at radius 2 is 1.95 bits per heavy atom. The van der Waals surface area contributed by atoms with Gasteiger partial charge in [-0.3, -0.25) is 4.79 Å². The van der Waals surface area contributed by atoms with Crippen LogP contribution in [0.3, 0.4) is 0 Å². The highest BCUT2D eigenvalue weighted by molar-refractivity contribution is 6.29. The fourth-order valence-electron chi connectivity index (χ4n) is 2.37. The second-order valence-corrected chi connectivity index (χ2v) is 4.95. The molecule has 3 rings (SSSR count). The van der Waals surface area contributed by atoms with Crippen molar-refractivity contribution in [2.24, 2.45) is 0 Å². The second kappa shape index (κ2) is 5.02. The van der Waals surface area contributed by atoms with Crippen molar-refractivity contribution in [3.63, 3.8) is 0 Å². The molecule has 19 heavy (non-hydrogen) atoms. The largest absolute Gasteiger partial charge is 0.306 e. The number of fused-ring (bicyclic) bond motifs is 1. The van der Waals surface area contributed by atoms with Gasteiger partial charge in [0.05, 0.1) is 12.2 Å². The fraction of sp³-hybridized carbons (Fsp3) is 0.200. The van der Waals surface area contributed by atoms with Crippen molar-refractivity contribution in [2.45, 2.75) is 19.4 Å². The van der Waals surface area contributed by atoms with Gasteiger partial charge in [0.25, 0.3) is 0 Å². The van der Waals surface area contributed by atoms with Gasteiger partial charge in [-0.05, 0) is 30.2 Å². The number of aryl methyl sites for hydroxylation is 1. The Morgan fingerprint density at radius 3 is 2.79 bits per heavy atom. The normalized spacial score (nSPS) is 14.4. The maximum absolute atomic E-state index is 12.1. The number of amides is 1. The van der Waals surface area contributed by atoms with Crippen LogP contribution in [-0.2, 0) is 17.8 Å². The van der Waals surface area contributed by atoms with E-state index in [0.29, 0.717) is 18.1 Å². The molecule has 1 aliphatic rings. The lowest BCUT2D eigenvalue weighted by Crippen LogP contribution is -2.34. The Balaban J connectivity index is 1.94. The second-order valence-electron chi connectivity index (χ2n) is 4.56. The molecule has 0 fully saturated rings. The zero-order valence-corrected chi connectivity index (χ0v) is 11.1. The van der Waals surface area contributed by atoms with E-state index < -0.39 is 0 Å². The average molecular weight is 273 g/mol. The molecule has 0 N–H and O–H groups in total. The van der Waals surface area contributed by atoms with Gasteiger partial charge in [-0.25, -0.2) is 4.98 Å². The molecule has 0 saturated carbocycles. The molecule has 1 aromatic heterocycles. The third kappa shape index (κ3) is 2.47. The molecule has 0 aliphatic carbocycles. The highest BCUT2D eigenvalue weighted by Gasteiger charge is 2.23. The van der Waals surface area contributed by atoms with Crippen molar-refractivity contribution in [3.05, 3.63) is 58.9 Å². The van der Waals surface area contributed by atoms with Gasteiger partial charge < -0.3 is 4.90 Å². The van der Waals surface area contributed by atoms with Crippen LogP contribution in [0.4, 0.5) is 5.69 Å². The zero-order valence-electron chi connectivity index (χ0n) is 10.3. The van der Waals surface area contributed by atoms with E-state index in [1.54, 1.807) is 11.0 Å². The summed E-state index contributed by atoms with van der Waals surface area (Å²) in [4.78, 5) is 18.1. The average Bonchev–Trinajstić information content (AvgIpc) is 2.42. The summed E-state index contributed by atoms with van der Waals surface area (Å²) < 4.78 is 0. The minimum atomic E-state index is 0.139. The summed E-state index contributed by atoms with van der Waals surface area (Å²) in [5.74, 6) is 0.139. The van der Waals surface area contributed by atoms with Crippen molar-refractivity contribution < 1.29 is 4.79 Å². The molecule has 0 unspecified atom stereocenters. The molecule has 1 amide bonds. The van der Waals surface area contributed by atoms with Gasteiger partial charge >= 0.3 is 0 Å². The Kier molecular flexibility index (Phi) is 3.22. The van der Waals surface area contributed by atoms with Crippen molar-refractivity contribution in [2.75, 3.05) is 4.90 Å². The SMILES string of the molecule is O=C1CCc2ccccc2N1Cc1cccc(Cl)n1. The molecule has 2 heterocycles. The van der Waals surface area contributed by atoms with E-state index in [9.17, 15) is 4.79 Å². The zero-order chi connectivity index (χ0) is 13.2. The molecule has 3 nitrogen and oxygen atoms in total. The monoisotopic (exact) mass is 272 g/mol. The molecular weight excluding hydrogens is 260 g/mol. The van der Waals surface area contributed by atoms with Crippen LogP contribution in [0.1, 0.15) is 17.7 Å². The van der Waals surface area contributed by atoms with E-state index >= 15 is 0 Å². The van der Waals surface area contributed by atoms with Gasteiger partial charge in [0.2, 0.25) is 5.91 Å². The molecule has 0 bridgehead atoms. The van der Waals surface area contributed by atoms with Crippen LogP contribution in [0.5, 0.6) is 0 Å². The van der Waals surface area contributed by atoms with Gasteiger partial charge in [-0.1, -0.05) is 35.9 Å². The molecule has 2 aromatic rings. The van der Waals surface area contributed by atoms with Crippen LogP contribution < -0.4 is 4.90 Å². The minimum Gasteiger partial charge on any atom is -0.306 e. The Bertz CT molecular complexity index is 627. The van der Waals surface area contributed by atoms with Crippen LogP contribution >= 0.6 is 11.6 Å². The van der Waals surface area contributed by atoms with Crippen LogP contribution in [0.15, 0.2) is 42.5 Å². The number of carbonyl (C=O) groups is 1. The smallest absolute Gasteiger partial charge is 0.227 e. The number of rotatable bonds is 2. The van der Waals surface area contributed by atoms with Gasteiger partial charge in [0, 0.05) is 12.1 Å². The van der Waals surface area contributed by atoms with Gasteiger partial charge in [-0.2, -0.15) is 0 Å². The van der Waals surface area contributed by atoms with Crippen molar-refractivity contribution in [1.29, 1.82) is 0 Å². The van der Waals surface area contributed by atoms with Gasteiger partial charge in [0.1, 0.15) is 5.15 Å². The lowest BCUT2D eigenvalue weighted by atomic mass is 10.0. The van der Waals surface area contributed by atoms with Crippen molar-refractivity contribution in [1.82, 2.24) is 4.98 Å². The predicted molar refractivity (Wildman–Crippen MR) is 75.2 cm³/mol. The molecule has 4 heteroatoms. The first-order valence-electron chi connectivity index (χ1n) is 6.24. The van der Waals surface area contributed by atoms with Crippen molar-refractivity contribution in [3.8, 4) is 0 Å². The number of nitrogens with zero attached hydrogens (tertiary/aromatic N) is 2. The Morgan fingerprint density at radius 1 is 1.11 bits per heavy atom. The first-order valence-corrected chi connectivity index (χ1v) is 6.61. The number of anilines is 1. The molecule has 1 aliphatic heterocycles. The van der Waals surface area contributed by atoms with Crippen LogP contribution in [-0.4, -0.2) is 10.9 Å². The quantitative estimate of drug-likeness (QED) is 0.787. The lowest BCUT2D eigenvalue weighted by Gasteiger charge is -2.29. The van der Waals surface area contributed by atoms with Crippen LogP contribution in [0.25, 0.3) is 0 Å². The summed E-state index contributed by atoms with van der Waals surface area (Å²) in [6.45, 7) is 0.469. The summed E-state index contributed by atoms with van der Waals surface area (Å²) in [5.41, 5.74) is 3.00. The number of halogens is 1. The van der Waals surface area contributed by atoms with E-state index in [0.717, 1.165) is 17.8 Å². The number of benzene rings is 1. The highest BCUT2D eigenvalue weighted by atomic mass is 35.5. The maximum atomic E-state index is 12.1. The maximum Gasteiger partial charge on any atom is 0.227 e. The third-order valence-corrected chi connectivity index (χ3v) is 3.50. The first kappa shape index (κ1) is 12.2. The van der Waals surface area contributed by atoms with E-state index in [2.05, 4.69) is 11.1 Å². The van der Waals surface area contributed by atoms with Gasteiger partial charge in [-0.15, -0.1) is 0 Å². The summed E-state index contributed by atoms with van der Waals surface area (Å²) in [5, 5.41) is 0.454. The topological polar surface area (TPSA) is 33.2 Å². The summed E-state index contributed by atoms with van der Waals surface area (Å²) in [6.07, 6.45) is 1.37. The number of para-hydroxylation sites is 1. The molecule has 96 valence electrons. The highest BCUT2D eigenvalue weighted by Crippen LogP contribution is 2.28. The van der Waals surface area contributed by atoms with Gasteiger partial charge in [0.15, 0.2) is 0 Å². The Hall–Kier alpha value is -1.87. The predicted octanol–water partition coefficient (Wildman–Crippen LogP) is 3.21. The van der Waals surface area contributed by atoms with Crippen LogP contribution in [0, 0.1) is 0 Å². The number of pyridine rings is 1. The number of aromatic nitrogens is 1. The summed E-state index contributed by atoms with van der Waals surface area (Å²) in [7, 11) is 0. The molecule has 0 atom stereocenters. The lowest BCUT2D eigenvalue weighted by molar-refractivity contribution is -0.119. The third-order valence-electron chi connectivity index (χ3n) is 3.28. The molecule has 0 spiro atoms. The summed E-state index contributed by atoms with van der Waals surface area (Å²) in [6, 6.07) is 13.5. The van der Waals surface area contributed by atoms with E-state index in [1.165, 1.54) is 5.56 Å². The van der Waals surface area contributed by atoms with E-state index in [-0.39, 0.29) is 5.91 Å². The fourth-order valence-corrected chi connectivity index (χ4v) is 2.55. The van der Waals surface area contributed by atoms with Crippen molar-refractivity contribution >= 4 is 23.2 Å². The number of carbonyl (C=O) groups excluding carboxylic acids is 1. The molecule has 0 saturated heterocycles. The Labute approximate surface area is 116 Å². The number of hydrogen-bond acceptors (Lipinski definition) is 2. The molecule has 0 radical (unpaired) electrons. The standard InChI is InChI=1S/C15H13ClN2O/c16-14-7-3-5-12(17-14)10-18-13-6-2-1-4-11(13)8-9-15(18)19/h1-7H,8-10H2. The van der Waals surface area contributed by atoms with E-state index in [1.807, 2.05) is 30.3 Å². The summed E-state index contributed by atoms with van der Waals surface area (Å²) >= 11 is 5.88.